The summed E-state index contributed by atoms with van der Waals surface area (Å²) in [7, 11) is 0. The van der Waals surface area contributed by atoms with Gasteiger partial charge in [-0.15, -0.1) is 0 Å². The van der Waals surface area contributed by atoms with Crippen molar-refractivity contribution in [2.24, 2.45) is 17.6 Å². The third kappa shape index (κ3) is 3.78. The van der Waals surface area contributed by atoms with Gasteiger partial charge in [0.2, 0.25) is 5.91 Å². The number of nitrogens with two attached hydrogens (primary N) is 1. The van der Waals surface area contributed by atoms with Crippen LogP contribution < -0.4 is 5.73 Å². The van der Waals surface area contributed by atoms with Crippen molar-refractivity contribution in [3.05, 3.63) is 66.0 Å². The van der Waals surface area contributed by atoms with E-state index >= 15 is 0 Å². The number of likely N-dealkylation sites (tertiary alicyclic amines) is 2. The van der Waals surface area contributed by atoms with Crippen molar-refractivity contribution in [2.75, 3.05) is 26.2 Å². The first-order chi connectivity index (χ1) is 13.6. The standard InChI is InChI=1S/C22H26N4O2/c23-21(27)20-18-15-26(22(28)19-10-4-5-11-24-19)14-17(18)13-25(20)12-6-9-16-7-2-1-3-8-16/h1-5,7-8,10-11,17-18,20H,6,9,12-15H2,(H2,23,27)/t17?,18-,20?/m1/s1. The van der Waals surface area contributed by atoms with Gasteiger partial charge in [-0.3, -0.25) is 19.5 Å². The van der Waals surface area contributed by atoms with Gasteiger partial charge < -0.3 is 10.6 Å². The number of nitrogens with zero attached hydrogens (tertiary/aromatic N) is 3. The van der Waals surface area contributed by atoms with Crippen LogP contribution in [0.15, 0.2) is 54.7 Å². The van der Waals surface area contributed by atoms with Crippen LogP contribution in [0, 0.1) is 11.8 Å². The molecule has 2 fully saturated rings. The molecule has 6 heteroatoms. The Morgan fingerprint density at radius 2 is 1.82 bits per heavy atom. The van der Waals surface area contributed by atoms with Gasteiger partial charge in [0, 0.05) is 31.7 Å². The van der Waals surface area contributed by atoms with E-state index in [1.807, 2.05) is 17.0 Å². The maximum atomic E-state index is 12.7. The van der Waals surface area contributed by atoms with Crippen LogP contribution in [-0.2, 0) is 11.2 Å². The molecule has 4 rings (SSSR count). The van der Waals surface area contributed by atoms with Crippen LogP contribution in [0.4, 0.5) is 0 Å². The largest absolute Gasteiger partial charge is 0.368 e. The van der Waals surface area contributed by atoms with Gasteiger partial charge in [-0.05, 0) is 43.0 Å². The summed E-state index contributed by atoms with van der Waals surface area (Å²) in [6.45, 7) is 2.91. The Hall–Kier alpha value is -2.73. The molecule has 0 aliphatic carbocycles. The molecular formula is C22H26N4O2. The van der Waals surface area contributed by atoms with Gasteiger partial charge in [0.15, 0.2) is 0 Å². The van der Waals surface area contributed by atoms with Crippen LogP contribution >= 0.6 is 0 Å². The van der Waals surface area contributed by atoms with E-state index in [2.05, 4.69) is 34.1 Å². The predicted molar refractivity (Wildman–Crippen MR) is 106 cm³/mol. The third-order valence-corrected chi connectivity index (χ3v) is 5.98. The number of benzene rings is 1. The highest BCUT2D eigenvalue weighted by Gasteiger charge is 2.50. The first-order valence-corrected chi connectivity index (χ1v) is 9.91. The average Bonchev–Trinajstić information content (AvgIpc) is 3.26. The highest BCUT2D eigenvalue weighted by atomic mass is 16.2. The summed E-state index contributed by atoms with van der Waals surface area (Å²) < 4.78 is 0. The molecule has 0 spiro atoms. The zero-order chi connectivity index (χ0) is 19.5. The number of hydrogen-bond acceptors (Lipinski definition) is 4. The molecule has 2 amide bonds. The number of rotatable bonds is 6. The summed E-state index contributed by atoms with van der Waals surface area (Å²) in [5.74, 6) is 0.0666. The van der Waals surface area contributed by atoms with Crippen LogP contribution in [0.1, 0.15) is 22.5 Å². The lowest BCUT2D eigenvalue weighted by Crippen LogP contribution is -2.46. The van der Waals surface area contributed by atoms with Crippen molar-refractivity contribution in [3.8, 4) is 0 Å². The number of amides is 2. The SMILES string of the molecule is NC(=O)C1[C@@H]2CN(C(=O)c3ccccn3)CC2CN1CCCc1ccccc1. The summed E-state index contributed by atoms with van der Waals surface area (Å²) in [5, 5.41) is 0. The Kier molecular flexibility index (Phi) is 5.39. The summed E-state index contributed by atoms with van der Waals surface area (Å²) >= 11 is 0. The van der Waals surface area contributed by atoms with E-state index in [9.17, 15) is 9.59 Å². The van der Waals surface area contributed by atoms with Crippen molar-refractivity contribution < 1.29 is 9.59 Å². The van der Waals surface area contributed by atoms with Crippen LogP contribution in [0.5, 0.6) is 0 Å². The van der Waals surface area contributed by atoms with Crippen molar-refractivity contribution in [3.63, 3.8) is 0 Å². The second-order valence-corrected chi connectivity index (χ2v) is 7.78. The van der Waals surface area contributed by atoms with E-state index in [1.54, 1.807) is 18.3 Å². The van der Waals surface area contributed by atoms with Crippen molar-refractivity contribution >= 4 is 11.8 Å². The molecule has 3 atom stereocenters. The molecule has 2 unspecified atom stereocenters. The highest BCUT2D eigenvalue weighted by molar-refractivity contribution is 5.92. The molecule has 2 N–H and O–H groups in total. The van der Waals surface area contributed by atoms with Crippen LogP contribution in [0.2, 0.25) is 0 Å². The topological polar surface area (TPSA) is 79.5 Å². The van der Waals surface area contributed by atoms with E-state index in [4.69, 9.17) is 5.73 Å². The van der Waals surface area contributed by atoms with E-state index < -0.39 is 0 Å². The van der Waals surface area contributed by atoms with Crippen LogP contribution in [0.25, 0.3) is 0 Å². The normalized spacial score (nSPS) is 24.3. The molecular weight excluding hydrogens is 352 g/mol. The monoisotopic (exact) mass is 378 g/mol. The number of aromatic nitrogens is 1. The van der Waals surface area contributed by atoms with Crippen molar-refractivity contribution in [1.29, 1.82) is 0 Å². The highest BCUT2D eigenvalue weighted by Crippen LogP contribution is 2.36. The fourth-order valence-corrected chi connectivity index (χ4v) is 4.70. The minimum Gasteiger partial charge on any atom is -0.368 e. The minimum absolute atomic E-state index is 0.0613. The Balaban J connectivity index is 1.37. The minimum atomic E-state index is -0.290. The lowest BCUT2D eigenvalue weighted by atomic mass is 9.94. The van der Waals surface area contributed by atoms with Crippen LogP contribution in [-0.4, -0.2) is 58.8 Å². The van der Waals surface area contributed by atoms with E-state index in [1.165, 1.54) is 5.56 Å². The number of fused-ring (bicyclic) bond motifs is 1. The summed E-state index contributed by atoms with van der Waals surface area (Å²) in [4.78, 5) is 33.1. The Morgan fingerprint density at radius 1 is 1.04 bits per heavy atom. The molecule has 146 valence electrons. The molecule has 2 aliphatic heterocycles. The van der Waals surface area contributed by atoms with Gasteiger partial charge in [-0.25, -0.2) is 0 Å². The fourth-order valence-electron chi connectivity index (χ4n) is 4.70. The van der Waals surface area contributed by atoms with Gasteiger partial charge in [0.1, 0.15) is 5.69 Å². The van der Waals surface area contributed by atoms with E-state index in [-0.39, 0.29) is 23.8 Å². The van der Waals surface area contributed by atoms with Crippen molar-refractivity contribution in [2.45, 2.75) is 18.9 Å². The van der Waals surface area contributed by atoms with Gasteiger partial charge in [-0.1, -0.05) is 36.4 Å². The number of aryl methyl sites for hydroxylation is 1. The maximum Gasteiger partial charge on any atom is 0.272 e. The molecule has 0 radical (unpaired) electrons. The molecule has 2 aliphatic rings. The molecule has 3 heterocycles. The quantitative estimate of drug-likeness (QED) is 0.828. The molecule has 1 aromatic heterocycles. The molecule has 1 aromatic carbocycles. The smallest absolute Gasteiger partial charge is 0.272 e. The van der Waals surface area contributed by atoms with Crippen molar-refractivity contribution in [1.82, 2.24) is 14.8 Å². The number of hydrogen-bond donors (Lipinski definition) is 1. The first kappa shape index (κ1) is 18.6. The van der Waals surface area contributed by atoms with Gasteiger partial charge in [0.25, 0.3) is 5.91 Å². The molecule has 2 aromatic rings. The Bertz CT molecular complexity index is 827. The Labute approximate surface area is 165 Å². The summed E-state index contributed by atoms with van der Waals surface area (Å²) in [5.41, 5.74) is 7.53. The molecule has 2 saturated heterocycles. The number of primary amides is 1. The lowest BCUT2D eigenvalue weighted by molar-refractivity contribution is -0.123. The molecule has 28 heavy (non-hydrogen) atoms. The third-order valence-electron chi connectivity index (χ3n) is 5.98. The first-order valence-electron chi connectivity index (χ1n) is 9.91. The van der Waals surface area contributed by atoms with Gasteiger partial charge in [0.05, 0.1) is 6.04 Å². The molecule has 0 saturated carbocycles. The van der Waals surface area contributed by atoms with E-state index in [0.29, 0.717) is 24.7 Å². The zero-order valence-corrected chi connectivity index (χ0v) is 15.9. The van der Waals surface area contributed by atoms with Gasteiger partial charge in [-0.2, -0.15) is 0 Å². The number of carbonyl (C=O) groups is 2. The lowest BCUT2D eigenvalue weighted by Gasteiger charge is -2.27. The molecule has 6 nitrogen and oxygen atoms in total. The van der Waals surface area contributed by atoms with Crippen LogP contribution in [0.3, 0.4) is 0 Å². The summed E-state index contributed by atoms with van der Waals surface area (Å²) in [6, 6.07) is 15.4. The predicted octanol–water partition coefficient (Wildman–Crippen LogP) is 1.57. The Morgan fingerprint density at radius 3 is 2.54 bits per heavy atom. The van der Waals surface area contributed by atoms with E-state index in [0.717, 1.165) is 25.9 Å². The van der Waals surface area contributed by atoms with Gasteiger partial charge >= 0.3 is 0 Å². The average molecular weight is 378 g/mol. The zero-order valence-electron chi connectivity index (χ0n) is 15.9. The molecule has 0 bridgehead atoms. The fraction of sp³-hybridized carbons (Fsp3) is 0.409. The second kappa shape index (κ2) is 8.10. The summed E-state index contributed by atoms with van der Waals surface area (Å²) in [6.07, 6.45) is 3.61. The maximum absolute atomic E-state index is 12.7. The number of pyridine rings is 1. The number of carbonyl (C=O) groups excluding carboxylic acids is 2. The second-order valence-electron chi connectivity index (χ2n) is 7.78.